The first-order valence-electron chi connectivity index (χ1n) is 7.94. The van der Waals surface area contributed by atoms with E-state index in [4.69, 9.17) is 16.3 Å². The van der Waals surface area contributed by atoms with Crippen LogP contribution < -0.4 is 5.32 Å². The molecule has 126 valence electrons. The molecule has 1 saturated heterocycles. The van der Waals surface area contributed by atoms with Crippen molar-refractivity contribution in [3.05, 3.63) is 34.9 Å². The summed E-state index contributed by atoms with van der Waals surface area (Å²) in [7, 11) is 0. The van der Waals surface area contributed by atoms with Crippen molar-refractivity contribution >= 4 is 23.6 Å². The minimum absolute atomic E-state index is 0.0762. The molecule has 0 bridgehead atoms. The van der Waals surface area contributed by atoms with Gasteiger partial charge in [0.2, 0.25) is 0 Å². The van der Waals surface area contributed by atoms with Crippen LogP contribution in [0.15, 0.2) is 24.3 Å². The number of benzene rings is 1. The van der Waals surface area contributed by atoms with Gasteiger partial charge in [0.05, 0.1) is 6.61 Å². The molecule has 0 radical (unpaired) electrons. The van der Waals surface area contributed by atoms with E-state index in [1.807, 2.05) is 13.8 Å². The highest BCUT2D eigenvalue weighted by molar-refractivity contribution is 6.30. The molecule has 2 amide bonds. The maximum Gasteiger partial charge on any atom is 0.409 e. The monoisotopic (exact) mass is 338 g/mol. The van der Waals surface area contributed by atoms with Gasteiger partial charge in [-0.15, -0.1) is 0 Å². The molecule has 6 heteroatoms. The number of likely N-dealkylation sites (tertiary alicyclic amines) is 1. The Bertz CT molecular complexity index is 537. The van der Waals surface area contributed by atoms with Crippen LogP contribution in [-0.4, -0.2) is 42.6 Å². The van der Waals surface area contributed by atoms with Gasteiger partial charge in [-0.05, 0) is 43.0 Å². The average Bonchev–Trinajstić information content (AvgIpc) is 2.54. The van der Waals surface area contributed by atoms with E-state index in [1.54, 1.807) is 29.2 Å². The van der Waals surface area contributed by atoms with Gasteiger partial charge in [-0.2, -0.15) is 0 Å². The number of halogens is 1. The maximum absolute atomic E-state index is 12.2. The van der Waals surface area contributed by atoms with Crippen molar-refractivity contribution < 1.29 is 14.3 Å². The lowest BCUT2D eigenvalue weighted by Crippen LogP contribution is -2.46. The van der Waals surface area contributed by atoms with E-state index in [1.165, 1.54) is 0 Å². The predicted molar refractivity (Wildman–Crippen MR) is 89.7 cm³/mol. The SMILES string of the molecule is CC(C)COC(=O)N1CCC(NC(=O)c2ccc(Cl)cc2)CC1. The van der Waals surface area contributed by atoms with Gasteiger partial charge < -0.3 is 15.0 Å². The number of nitrogens with zero attached hydrogens (tertiary/aromatic N) is 1. The summed E-state index contributed by atoms with van der Waals surface area (Å²) in [6, 6.07) is 6.88. The van der Waals surface area contributed by atoms with Gasteiger partial charge in [0.1, 0.15) is 0 Å². The Morgan fingerprint density at radius 2 is 1.87 bits per heavy atom. The number of rotatable bonds is 4. The quantitative estimate of drug-likeness (QED) is 0.916. The number of hydrogen-bond donors (Lipinski definition) is 1. The number of ether oxygens (including phenoxy) is 1. The number of piperidine rings is 1. The van der Waals surface area contributed by atoms with E-state index in [9.17, 15) is 9.59 Å². The highest BCUT2D eigenvalue weighted by Crippen LogP contribution is 2.14. The van der Waals surface area contributed by atoms with Gasteiger partial charge in [0, 0.05) is 29.7 Å². The molecule has 0 atom stereocenters. The number of nitrogens with one attached hydrogen (secondary N) is 1. The van der Waals surface area contributed by atoms with E-state index in [0.717, 1.165) is 12.8 Å². The molecule has 5 nitrogen and oxygen atoms in total. The molecular weight excluding hydrogens is 316 g/mol. The third-order valence-electron chi connectivity index (χ3n) is 3.73. The van der Waals surface area contributed by atoms with Crippen LogP contribution in [-0.2, 0) is 4.74 Å². The second-order valence-corrected chi connectivity index (χ2v) is 6.65. The van der Waals surface area contributed by atoms with Crippen molar-refractivity contribution in [2.45, 2.75) is 32.7 Å². The molecule has 1 aromatic carbocycles. The number of hydrogen-bond acceptors (Lipinski definition) is 3. The van der Waals surface area contributed by atoms with Crippen molar-refractivity contribution in [3.63, 3.8) is 0 Å². The second-order valence-electron chi connectivity index (χ2n) is 6.21. The topological polar surface area (TPSA) is 58.6 Å². The largest absolute Gasteiger partial charge is 0.449 e. The maximum atomic E-state index is 12.2. The van der Waals surface area contributed by atoms with E-state index in [-0.39, 0.29) is 18.0 Å². The number of amides is 2. The first-order valence-corrected chi connectivity index (χ1v) is 8.31. The molecule has 1 aliphatic rings. The van der Waals surface area contributed by atoms with E-state index in [0.29, 0.717) is 36.2 Å². The lowest BCUT2D eigenvalue weighted by molar-refractivity contribution is 0.0785. The van der Waals surface area contributed by atoms with Gasteiger partial charge in [-0.3, -0.25) is 4.79 Å². The van der Waals surface area contributed by atoms with Crippen LogP contribution in [0.25, 0.3) is 0 Å². The summed E-state index contributed by atoms with van der Waals surface area (Å²) in [5.41, 5.74) is 0.591. The number of carbonyl (C=O) groups excluding carboxylic acids is 2. The van der Waals surface area contributed by atoms with Crippen LogP contribution in [0.1, 0.15) is 37.0 Å². The van der Waals surface area contributed by atoms with E-state index < -0.39 is 0 Å². The molecule has 1 aliphatic heterocycles. The van der Waals surface area contributed by atoms with Gasteiger partial charge in [0.25, 0.3) is 5.91 Å². The second kappa shape index (κ2) is 8.20. The molecule has 0 aliphatic carbocycles. The fourth-order valence-corrected chi connectivity index (χ4v) is 2.53. The smallest absolute Gasteiger partial charge is 0.409 e. The van der Waals surface area contributed by atoms with Crippen molar-refractivity contribution in [2.75, 3.05) is 19.7 Å². The summed E-state index contributed by atoms with van der Waals surface area (Å²) in [5.74, 6) is 0.220. The Balaban J connectivity index is 1.77. The summed E-state index contributed by atoms with van der Waals surface area (Å²) in [6.07, 6.45) is 1.20. The van der Waals surface area contributed by atoms with Gasteiger partial charge in [-0.1, -0.05) is 25.4 Å². The van der Waals surface area contributed by atoms with Crippen molar-refractivity contribution in [3.8, 4) is 0 Å². The summed E-state index contributed by atoms with van der Waals surface area (Å²) < 4.78 is 5.23. The zero-order chi connectivity index (χ0) is 16.8. The van der Waals surface area contributed by atoms with Crippen LogP contribution in [0.4, 0.5) is 4.79 Å². The minimum Gasteiger partial charge on any atom is -0.449 e. The van der Waals surface area contributed by atoms with Crippen molar-refractivity contribution in [1.82, 2.24) is 10.2 Å². The summed E-state index contributed by atoms with van der Waals surface area (Å²) in [4.78, 5) is 25.7. The molecule has 0 aromatic heterocycles. The number of carbonyl (C=O) groups is 2. The van der Waals surface area contributed by atoms with Crippen molar-refractivity contribution in [2.24, 2.45) is 5.92 Å². The predicted octanol–water partition coefficient (Wildman–Crippen LogP) is 3.33. The minimum atomic E-state index is -0.263. The molecule has 0 unspecified atom stereocenters. The third-order valence-corrected chi connectivity index (χ3v) is 3.99. The molecular formula is C17H23ClN2O3. The standard InChI is InChI=1S/C17H23ClN2O3/c1-12(2)11-23-17(22)20-9-7-15(8-10-20)19-16(21)13-3-5-14(18)6-4-13/h3-6,12,15H,7-11H2,1-2H3,(H,19,21). The molecule has 0 spiro atoms. The Kier molecular flexibility index (Phi) is 6.28. The van der Waals surface area contributed by atoms with Crippen LogP contribution in [0.5, 0.6) is 0 Å². The average molecular weight is 339 g/mol. The van der Waals surface area contributed by atoms with Crippen LogP contribution in [0, 0.1) is 5.92 Å². The first kappa shape index (κ1) is 17.6. The molecule has 23 heavy (non-hydrogen) atoms. The normalized spacial score (nSPS) is 15.6. The van der Waals surface area contributed by atoms with Gasteiger partial charge >= 0.3 is 6.09 Å². The fourth-order valence-electron chi connectivity index (χ4n) is 2.41. The van der Waals surface area contributed by atoms with Gasteiger partial charge in [-0.25, -0.2) is 4.79 Å². The highest BCUT2D eigenvalue weighted by Gasteiger charge is 2.25. The Morgan fingerprint density at radius 1 is 1.26 bits per heavy atom. The molecule has 1 N–H and O–H groups in total. The van der Waals surface area contributed by atoms with Gasteiger partial charge in [0.15, 0.2) is 0 Å². The summed E-state index contributed by atoms with van der Waals surface area (Å²) in [5, 5.41) is 3.61. The molecule has 2 rings (SSSR count). The van der Waals surface area contributed by atoms with E-state index >= 15 is 0 Å². The Morgan fingerprint density at radius 3 is 2.43 bits per heavy atom. The van der Waals surface area contributed by atoms with Crippen LogP contribution >= 0.6 is 11.6 Å². The zero-order valence-electron chi connectivity index (χ0n) is 13.5. The lowest BCUT2D eigenvalue weighted by Gasteiger charge is -2.31. The summed E-state index contributed by atoms with van der Waals surface area (Å²) in [6.45, 7) is 5.65. The lowest BCUT2D eigenvalue weighted by atomic mass is 10.0. The van der Waals surface area contributed by atoms with Crippen LogP contribution in [0.2, 0.25) is 5.02 Å². The van der Waals surface area contributed by atoms with Crippen molar-refractivity contribution in [1.29, 1.82) is 0 Å². The molecule has 1 fully saturated rings. The highest BCUT2D eigenvalue weighted by atomic mass is 35.5. The Labute approximate surface area is 141 Å². The van der Waals surface area contributed by atoms with E-state index in [2.05, 4.69) is 5.32 Å². The molecule has 1 aromatic rings. The Hall–Kier alpha value is -1.75. The third kappa shape index (κ3) is 5.43. The molecule has 1 heterocycles. The summed E-state index contributed by atoms with van der Waals surface area (Å²) >= 11 is 5.82. The first-order chi connectivity index (χ1) is 11.0. The van der Waals surface area contributed by atoms with Crippen LogP contribution in [0.3, 0.4) is 0 Å². The molecule has 0 saturated carbocycles. The zero-order valence-corrected chi connectivity index (χ0v) is 14.3. The fraction of sp³-hybridized carbons (Fsp3) is 0.529.